The van der Waals surface area contributed by atoms with Crippen molar-refractivity contribution in [3.63, 3.8) is 0 Å². The molecule has 1 amide bonds. The van der Waals surface area contributed by atoms with Gasteiger partial charge in [0.05, 0.1) is 16.3 Å². The summed E-state index contributed by atoms with van der Waals surface area (Å²) in [6.45, 7) is 8.12. The van der Waals surface area contributed by atoms with Crippen LogP contribution >= 0.6 is 22.9 Å². The van der Waals surface area contributed by atoms with Gasteiger partial charge in [-0.15, -0.1) is 11.3 Å². The molecule has 0 unspecified atom stereocenters. The molecule has 0 saturated carbocycles. The molecule has 1 aromatic heterocycles. The molecule has 0 radical (unpaired) electrons. The highest BCUT2D eigenvalue weighted by Crippen LogP contribution is 2.36. The number of benzene rings is 3. The highest BCUT2D eigenvalue weighted by molar-refractivity contribution is 7.14. The monoisotopic (exact) mass is 589 g/mol. The molecule has 1 aliphatic rings. The highest BCUT2D eigenvalue weighted by Gasteiger charge is 2.20. The summed E-state index contributed by atoms with van der Waals surface area (Å²) in [5.41, 5.74) is 5.01. The Morgan fingerprint density at radius 3 is 2.29 bits per heavy atom. The van der Waals surface area contributed by atoms with Crippen LogP contribution < -0.4 is 15.1 Å². The van der Waals surface area contributed by atoms with E-state index in [0.29, 0.717) is 11.3 Å². The Hall–Kier alpha value is -3.92. The Balaban J connectivity index is 1.25. The molecule has 5 rings (SSSR count). The summed E-state index contributed by atoms with van der Waals surface area (Å²) < 4.78 is 0. The summed E-state index contributed by atoms with van der Waals surface area (Å²) in [6, 6.07) is 20.4. The largest absolute Gasteiger partial charge is 0.478 e. The van der Waals surface area contributed by atoms with Crippen LogP contribution in [0, 0.1) is 0 Å². The summed E-state index contributed by atoms with van der Waals surface area (Å²) in [6.07, 6.45) is 0. The number of piperazine rings is 1. The molecule has 0 spiro atoms. The van der Waals surface area contributed by atoms with Gasteiger partial charge in [0, 0.05) is 65.8 Å². The fourth-order valence-corrected chi connectivity index (χ4v) is 6.02. The lowest BCUT2D eigenvalue weighted by Crippen LogP contribution is -2.44. The Morgan fingerprint density at radius 2 is 1.68 bits per heavy atom. The number of likely N-dealkylation sites (N-methyl/N-ethyl adjacent to an activating group) is 1. The van der Waals surface area contributed by atoms with E-state index in [1.54, 1.807) is 12.1 Å². The zero-order chi connectivity index (χ0) is 29.1. The summed E-state index contributed by atoms with van der Waals surface area (Å²) in [7, 11) is 2.13. The maximum atomic E-state index is 12.9. The van der Waals surface area contributed by atoms with E-state index in [9.17, 15) is 14.7 Å². The minimum atomic E-state index is -1.06. The number of carbonyl (C=O) groups is 2. The van der Waals surface area contributed by atoms with Crippen molar-refractivity contribution in [1.82, 2.24) is 9.88 Å². The number of rotatable bonds is 8. The zero-order valence-electron chi connectivity index (χ0n) is 23.2. The molecular weight excluding hydrogens is 558 g/mol. The zero-order valence-corrected chi connectivity index (χ0v) is 24.7. The molecule has 1 fully saturated rings. The second kappa shape index (κ2) is 12.3. The first-order valence-corrected chi connectivity index (χ1v) is 14.7. The highest BCUT2D eigenvalue weighted by atomic mass is 35.5. The van der Waals surface area contributed by atoms with Crippen LogP contribution in [0.3, 0.4) is 0 Å². The first-order valence-electron chi connectivity index (χ1n) is 13.4. The van der Waals surface area contributed by atoms with E-state index < -0.39 is 5.97 Å². The van der Waals surface area contributed by atoms with Crippen molar-refractivity contribution in [2.45, 2.75) is 19.9 Å². The van der Waals surface area contributed by atoms with Gasteiger partial charge in [0.1, 0.15) is 0 Å². The number of aromatic nitrogens is 1. The third-order valence-electron chi connectivity index (χ3n) is 7.11. The molecule has 1 saturated heterocycles. The van der Waals surface area contributed by atoms with Crippen LogP contribution in [0.1, 0.15) is 34.6 Å². The summed E-state index contributed by atoms with van der Waals surface area (Å²) in [4.78, 5) is 35.8. The molecule has 1 aliphatic heterocycles. The molecule has 2 N–H and O–H groups in total. The van der Waals surface area contributed by atoms with Gasteiger partial charge in [-0.05, 0) is 75.5 Å². The van der Waals surface area contributed by atoms with E-state index >= 15 is 0 Å². The molecule has 8 nitrogen and oxygen atoms in total. The molecule has 10 heteroatoms. The molecule has 0 bridgehead atoms. The van der Waals surface area contributed by atoms with Crippen molar-refractivity contribution in [3.8, 4) is 11.3 Å². The number of carbonyl (C=O) groups excluding carboxylic acids is 1. The number of carboxylic acid groups (broad SMARTS) is 1. The SMILES string of the molecule is CC(C)N(c1ccc(C(=O)O)c(Cl)c1)c1nc(-c2ccc(NC(=O)c3ccc(N4CCN(C)CC4)cc3)cc2)cs1. The summed E-state index contributed by atoms with van der Waals surface area (Å²) >= 11 is 7.73. The van der Waals surface area contributed by atoms with Crippen molar-refractivity contribution in [1.29, 1.82) is 0 Å². The van der Waals surface area contributed by atoms with Crippen LogP contribution in [0.5, 0.6) is 0 Å². The number of halogens is 1. The normalized spacial score (nSPS) is 13.8. The molecule has 212 valence electrons. The summed E-state index contributed by atoms with van der Waals surface area (Å²) in [5.74, 6) is -1.22. The lowest BCUT2D eigenvalue weighted by Gasteiger charge is -2.34. The Labute approximate surface area is 248 Å². The molecule has 3 aromatic carbocycles. The number of carboxylic acids is 1. The van der Waals surface area contributed by atoms with E-state index in [1.807, 2.05) is 72.7 Å². The lowest BCUT2D eigenvalue weighted by atomic mass is 10.1. The van der Waals surface area contributed by atoms with Crippen LogP contribution in [0.2, 0.25) is 5.02 Å². The van der Waals surface area contributed by atoms with E-state index in [0.717, 1.165) is 53.9 Å². The first-order chi connectivity index (χ1) is 19.7. The molecule has 0 atom stereocenters. The van der Waals surface area contributed by atoms with Crippen molar-refractivity contribution in [2.24, 2.45) is 0 Å². The maximum absolute atomic E-state index is 12.9. The van der Waals surface area contributed by atoms with Crippen molar-refractivity contribution in [2.75, 3.05) is 48.3 Å². The van der Waals surface area contributed by atoms with E-state index in [4.69, 9.17) is 16.6 Å². The van der Waals surface area contributed by atoms with Crippen LogP contribution in [0.15, 0.2) is 72.1 Å². The van der Waals surface area contributed by atoms with Gasteiger partial charge in [0.25, 0.3) is 5.91 Å². The second-order valence-corrected chi connectivity index (χ2v) is 11.6. The second-order valence-electron chi connectivity index (χ2n) is 10.3. The van der Waals surface area contributed by atoms with Gasteiger partial charge in [-0.3, -0.25) is 4.79 Å². The van der Waals surface area contributed by atoms with Gasteiger partial charge in [-0.25, -0.2) is 9.78 Å². The number of nitrogens with zero attached hydrogens (tertiary/aromatic N) is 4. The van der Waals surface area contributed by atoms with E-state index in [-0.39, 0.29) is 22.5 Å². The number of anilines is 4. The van der Waals surface area contributed by atoms with Gasteiger partial charge >= 0.3 is 5.97 Å². The first kappa shape index (κ1) is 28.6. The third-order valence-corrected chi connectivity index (χ3v) is 8.26. The third kappa shape index (κ3) is 6.53. The van der Waals surface area contributed by atoms with Crippen molar-refractivity contribution in [3.05, 3.63) is 88.3 Å². The van der Waals surface area contributed by atoms with Crippen molar-refractivity contribution >= 4 is 57.0 Å². The number of hydrogen-bond acceptors (Lipinski definition) is 7. The lowest BCUT2D eigenvalue weighted by molar-refractivity contribution is 0.0697. The molecular formula is C31H32ClN5O3S. The van der Waals surface area contributed by atoms with Gasteiger partial charge in [-0.1, -0.05) is 23.7 Å². The number of thiazole rings is 1. The van der Waals surface area contributed by atoms with Gasteiger partial charge in [0.2, 0.25) is 0 Å². The standard InChI is InChI=1S/C31H32ClN5O3S/c1-20(2)37(25-12-13-26(30(39)40)27(32)18-25)31-34-28(19-41-31)21-4-8-23(9-5-21)33-29(38)22-6-10-24(11-7-22)36-16-14-35(3)15-17-36/h4-13,18-20H,14-17H2,1-3H3,(H,33,38)(H,39,40). The van der Waals surface area contributed by atoms with Gasteiger partial charge in [0.15, 0.2) is 5.13 Å². The smallest absolute Gasteiger partial charge is 0.337 e. The Bertz CT molecular complexity index is 1530. The topological polar surface area (TPSA) is 89.0 Å². The predicted octanol–water partition coefficient (Wildman–Crippen LogP) is 6.71. The minimum absolute atomic E-state index is 0.0637. The maximum Gasteiger partial charge on any atom is 0.337 e. The average molecular weight is 590 g/mol. The quantitative estimate of drug-likeness (QED) is 0.236. The molecule has 41 heavy (non-hydrogen) atoms. The number of hydrogen-bond donors (Lipinski definition) is 2. The van der Waals surface area contributed by atoms with E-state index in [2.05, 4.69) is 22.2 Å². The number of nitrogens with one attached hydrogen (secondary N) is 1. The van der Waals surface area contributed by atoms with Crippen molar-refractivity contribution < 1.29 is 14.7 Å². The van der Waals surface area contributed by atoms with Gasteiger partial charge in [-0.2, -0.15) is 0 Å². The average Bonchev–Trinajstić information content (AvgIpc) is 3.43. The fourth-order valence-electron chi connectivity index (χ4n) is 4.78. The minimum Gasteiger partial charge on any atom is -0.478 e. The predicted molar refractivity (Wildman–Crippen MR) is 167 cm³/mol. The Kier molecular flexibility index (Phi) is 8.58. The number of aromatic carboxylic acids is 1. The van der Waals surface area contributed by atoms with Crippen LogP contribution in [0.4, 0.5) is 22.2 Å². The summed E-state index contributed by atoms with van der Waals surface area (Å²) in [5, 5.41) is 15.2. The van der Waals surface area contributed by atoms with Gasteiger partial charge < -0.3 is 25.1 Å². The fraction of sp³-hybridized carbons (Fsp3) is 0.258. The van der Waals surface area contributed by atoms with Crippen LogP contribution in [-0.4, -0.2) is 66.1 Å². The van der Waals surface area contributed by atoms with E-state index in [1.165, 1.54) is 17.4 Å². The van der Waals surface area contributed by atoms with Crippen LogP contribution in [-0.2, 0) is 0 Å². The number of amides is 1. The molecule has 2 heterocycles. The Morgan fingerprint density at radius 1 is 1.00 bits per heavy atom. The molecule has 4 aromatic rings. The van der Waals surface area contributed by atoms with Crippen LogP contribution in [0.25, 0.3) is 11.3 Å². The molecule has 0 aliphatic carbocycles.